The molecule has 4 rings (SSSR count). The van der Waals surface area contributed by atoms with Crippen molar-refractivity contribution in [3.05, 3.63) is 72.1 Å². The van der Waals surface area contributed by atoms with Crippen molar-refractivity contribution < 1.29 is 14.3 Å². The first-order chi connectivity index (χ1) is 12.7. The number of hydrogen-bond donors (Lipinski definition) is 1. The van der Waals surface area contributed by atoms with Gasteiger partial charge in [0, 0.05) is 29.4 Å². The maximum atomic E-state index is 12.6. The Morgan fingerprint density at radius 1 is 1.12 bits per heavy atom. The van der Waals surface area contributed by atoms with Crippen molar-refractivity contribution in [1.82, 2.24) is 4.98 Å². The Hall–Kier alpha value is -3.21. The molecule has 1 saturated carbocycles. The molecule has 26 heavy (non-hydrogen) atoms. The molecule has 2 unspecified atom stereocenters. The van der Waals surface area contributed by atoms with Gasteiger partial charge in [-0.05, 0) is 53.6 Å². The highest BCUT2D eigenvalue weighted by molar-refractivity contribution is 5.97. The molecule has 0 spiro atoms. The minimum Gasteiger partial charge on any atom is -0.465 e. The van der Waals surface area contributed by atoms with Crippen LogP contribution in [0.1, 0.15) is 28.3 Å². The molecule has 0 saturated heterocycles. The molecule has 1 heterocycles. The number of fused-ring (bicyclic) bond motifs is 1. The fourth-order valence-corrected chi connectivity index (χ4v) is 3.26. The van der Waals surface area contributed by atoms with E-state index in [0.717, 1.165) is 28.4 Å². The third kappa shape index (κ3) is 3.16. The third-order valence-electron chi connectivity index (χ3n) is 4.77. The number of aromatic nitrogens is 1. The van der Waals surface area contributed by atoms with E-state index in [1.165, 1.54) is 7.11 Å². The second-order valence-corrected chi connectivity index (χ2v) is 6.49. The van der Waals surface area contributed by atoms with Crippen LogP contribution in [0.15, 0.2) is 60.9 Å². The Kier molecular flexibility index (Phi) is 4.13. The Morgan fingerprint density at radius 2 is 2.00 bits per heavy atom. The normalized spacial score (nSPS) is 18.3. The molecule has 1 fully saturated rings. The summed E-state index contributed by atoms with van der Waals surface area (Å²) in [7, 11) is 1.36. The fourth-order valence-electron chi connectivity index (χ4n) is 3.26. The van der Waals surface area contributed by atoms with Crippen LogP contribution in [0, 0.1) is 5.92 Å². The number of nitrogens with zero attached hydrogens (tertiary/aromatic N) is 1. The second kappa shape index (κ2) is 6.59. The molecule has 3 aromatic rings. The molecule has 1 amide bonds. The lowest BCUT2D eigenvalue weighted by atomic mass is 10.1. The fraction of sp³-hybridized carbons (Fsp3) is 0.190. The van der Waals surface area contributed by atoms with Crippen molar-refractivity contribution in [2.24, 2.45) is 5.92 Å². The quantitative estimate of drug-likeness (QED) is 0.730. The maximum Gasteiger partial charge on any atom is 0.337 e. The predicted octanol–water partition coefficient (Wildman–Crippen LogP) is 3.76. The minimum atomic E-state index is -0.362. The van der Waals surface area contributed by atoms with Crippen LogP contribution in [0.3, 0.4) is 0 Å². The summed E-state index contributed by atoms with van der Waals surface area (Å²) in [5.41, 5.74) is 2.29. The molecule has 2 atom stereocenters. The van der Waals surface area contributed by atoms with Gasteiger partial charge >= 0.3 is 5.97 Å². The molecule has 1 N–H and O–H groups in total. The van der Waals surface area contributed by atoms with Gasteiger partial charge < -0.3 is 10.1 Å². The van der Waals surface area contributed by atoms with Crippen molar-refractivity contribution in [2.75, 3.05) is 12.4 Å². The lowest BCUT2D eigenvalue weighted by Crippen LogP contribution is -2.14. The van der Waals surface area contributed by atoms with Gasteiger partial charge in [0.25, 0.3) is 0 Å². The number of carbonyl (C=O) groups excluding carboxylic acids is 2. The number of pyridine rings is 1. The summed E-state index contributed by atoms with van der Waals surface area (Å²) in [6.07, 6.45) is 4.32. The molecular formula is C21H18N2O3. The molecule has 5 heteroatoms. The van der Waals surface area contributed by atoms with Gasteiger partial charge in [-0.1, -0.05) is 18.2 Å². The first-order valence-corrected chi connectivity index (χ1v) is 8.48. The Labute approximate surface area is 151 Å². The van der Waals surface area contributed by atoms with Crippen LogP contribution in [-0.2, 0) is 9.53 Å². The topological polar surface area (TPSA) is 68.3 Å². The average molecular weight is 346 g/mol. The van der Waals surface area contributed by atoms with Crippen LogP contribution in [0.5, 0.6) is 0 Å². The Morgan fingerprint density at radius 3 is 2.85 bits per heavy atom. The van der Waals surface area contributed by atoms with E-state index in [-0.39, 0.29) is 23.7 Å². The molecule has 0 aliphatic heterocycles. The zero-order valence-electron chi connectivity index (χ0n) is 14.3. The average Bonchev–Trinajstić information content (AvgIpc) is 3.48. The highest BCUT2D eigenvalue weighted by Gasteiger charge is 2.44. The van der Waals surface area contributed by atoms with Crippen LogP contribution in [0.4, 0.5) is 5.69 Å². The lowest BCUT2D eigenvalue weighted by Gasteiger charge is -2.07. The van der Waals surface area contributed by atoms with Gasteiger partial charge in [0.05, 0.1) is 12.7 Å². The van der Waals surface area contributed by atoms with Crippen LogP contribution < -0.4 is 5.32 Å². The molecule has 2 aromatic carbocycles. The number of carbonyl (C=O) groups is 2. The van der Waals surface area contributed by atoms with Gasteiger partial charge in [-0.15, -0.1) is 0 Å². The first-order valence-electron chi connectivity index (χ1n) is 8.48. The van der Waals surface area contributed by atoms with Crippen LogP contribution in [0.2, 0.25) is 0 Å². The smallest absolute Gasteiger partial charge is 0.337 e. The summed E-state index contributed by atoms with van der Waals surface area (Å²) in [6.45, 7) is 0. The van der Waals surface area contributed by atoms with Gasteiger partial charge in [-0.25, -0.2) is 4.79 Å². The van der Waals surface area contributed by atoms with Crippen molar-refractivity contribution in [3.8, 4) is 0 Å². The van der Waals surface area contributed by atoms with Crippen LogP contribution in [0.25, 0.3) is 10.8 Å². The van der Waals surface area contributed by atoms with E-state index in [2.05, 4.69) is 10.3 Å². The van der Waals surface area contributed by atoms with Gasteiger partial charge in [0.1, 0.15) is 0 Å². The van der Waals surface area contributed by atoms with E-state index in [1.807, 2.05) is 42.5 Å². The second-order valence-electron chi connectivity index (χ2n) is 6.49. The van der Waals surface area contributed by atoms with Crippen LogP contribution in [-0.4, -0.2) is 24.0 Å². The Balaban J connectivity index is 1.46. The number of esters is 1. The van der Waals surface area contributed by atoms with Crippen molar-refractivity contribution in [2.45, 2.75) is 12.3 Å². The molecule has 5 nitrogen and oxygen atoms in total. The predicted molar refractivity (Wildman–Crippen MR) is 99.0 cm³/mol. The summed E-state index contributed by atoms with van der Waals surface area (Å²) in [4.78, 5) is 28.3. The largest absolute Gasteiger partial charge is 0.465 e. The van der Waals surface area contributed by atoms with Crippen LogP contribution >= 0.6 is 0 Å². The number of hydrogen-bond acceptors (Lipinski definition) is 4. The first kappa shape index (κ1) is 16.3. The number of benzene rings is 2. The van der Waals surface area contributed by atoms with E-state index in [1.54, 1.807) is 18.5 Å². The van der Waals surface area contributed by atoms with E-state index in [0.29, 0.717) is 5.56 Å². The molecule has 1 aliphatic carbocycles. The number of methoxy groups -OCH3 is 1. The zero-order valence-corrected chi connectivity index (χ0v) is 14.3. The summed E-state index contributed by atoms with van der Waals surface area (Å²) in [6, 6.07) is 15.0. The SMILES string of the molecule is COC(=O)c1cccc(C2CC2C(=O)Nc2ccc3cnccc3c2)c1. The number of ether oxygens (including phenoxy) is 1. The summed E-state index contributed by atoms with van der Waals surface area (Å²) >= 11 is 0. The van der Waals surface area contributed by atoms with Gasteiger partial charge in [0.15, 0.2) is 0 Å². The van der Waals surface area contributed by atoms with Gasteiger partial charge in [0.2, 0.25) is 5.91 Å². The standard InChI is InChI=1S/C21H18N2O3/c1-26-21(25)15-4-2-3-14(9-15)18-11-19(18)20(24)23-17-6-5-16-12-22-8-7-13(16)10-17/h2-10,12,18-19H,11H2,1H3,(H,23,24). The van der Waals surface area contributed by atoms with Gasteiger partial charge in [-0.3, -0.25) is 9.78 Å². The van der Waals surface area contributed by atoms with Crippen molar-refractivity contribution in [1.29, 1.82) is 0 Å². The maximum absolute atomic E-state index is 12.6. The van der Waals surface area contributed by atoms with Crippen molar-refractivity contribution >= 4 is 28.3 Å². The molecule has 1 aliphatic rings. The summed E-state index contributed by atoms with van der Waals surface area (Å²) < 4.78 is 4.76. The summed E-state index contributed by atoms with van der Waals surface area (Å²) in [5.74, 6) is -0.286. The highest BCUT2D eigenvalue weighted by Crippen LogP contribution is 2.48. The van der Waals surface area contributed by atoms with E-state index >= 15 is 0 Å². The molecule has 0 radical (unpaired) electrons. The summed E-state index contributed by atoms with van der Waals surface area (Å²) in [5, 5.41) is 5.07. The van der Waals surface area contributed by atoms with Gasteiger partial charge in [-0.2, -0.15) is 0 Å². The molecule has 1 aromatic heterocycles. The minimum absolute atomic E-state index is 0.00637. The Bertz CT molecular complexity index is 999. The number of nitrogens with one attached hydrogen (secondary N) is 1. The van der Waals surface area contributed by atoms with Crippen molar-refractivity contribution in [3.63, 3.8) is 0 Å². The third-order valence-corrected chi connectivity index (χ3v) is 4.77. The molecule has 0 bridgehead atoms. The monoisotopic (exact) mass is 346 g/mol. The molecule has 130 valence electrons. The number of anilines is 1. The number of amides is 1. The molecular weight excluding hydrogens is 328 g/mol. The zero-order chi connectivity index (χ0) is 18.1. The lowest BCUT2D eigenvalue weighted by molar-refractivity contribution is -0.117. The van der Waals surface area contributed by atoms with E-state index in [4.69, 9.17) is 4.74 Å². The van der Waals surface area contributed by atoms with E-state index in [9.17, 15) is 9.59 Å². The van der Waals surface area contributed by atoms with E-state index < -0.39 is 0 Å². The highest BCUT2D eigenvalue weighted by atomic mass is 16.5. The number of rotatable bonds is 4.